The van der Waals surface area contributed by atoms with Crippen molar-refractivity contribution in [3.05, 3.63) is 29.3 Å². The molecule has 4 rings (SSSR count). The number of piperazine rings is 1. The normalized spacial score (nSPS) is 25.8. The van der Waals surface area contributed by atoms with Crippen LogP contribution in [0.15, 0.2) is 24.3 Å². The van der Waals surface area contributed by atoms with Crippen LogP contribution in [0.2, 0.25) is 5.02 Å². The SMILES string of the molecule is C[C@]1(C2CC2)NC(=O)N(CC(=O)N2CCN(c3cccc(Cl)c3)CC2)C1=O. The summed E-state index contributed by atoms with van der Waals surface area (Å²) < 4.78 is 0. The van der Waals surface area contributed by atoms with Crippen LogP contribution in [0.4, 0.5) is 10.5 Å². The Labute approximate surface area is 163 Å². The van der Waals surface area contributed by atoms with E-state index in [9.17, 15) is 14.4 Å². The molecule has 1 aromatic rings. The number of hydrogen-bond acceptors (Lipinski definition) is 4. The molecule has 1 saturated carbocycles. The van der Waals surface area contributed by atoms with E-state index in [1.165, 1.54) is 0 Å². The van der Waals surface area contributed by atoms with Crippen molar-refractivity contribution in [2.45, 2.75) is 25.3 Å². The van der Waals surface area contributed by atoms with Crippen molar-refractivity contribution < 1.29 is 14.4 Å². The molecule has 0 radical (unpaired) electrons. The molecule has 27 heavy (non-hydrogen) atoms. The predicted molar refractivity (Wildman–Crippen MR) is 102 cm³/mol. The standard InChI is InChI=1S/C19H23ClN4O3/c1-19(13-5-6-13)17(26)24(18(27)21-19)12-16(25)23-9-7-22(8-10-23)15-4-2-3-14(20)11-15/h2-4,11,13H,5-10,12H2,1H3,(H,21,27)/t19-/m1/s1. The lowest BCUT2D eigenvalue weighted by molar-refractivity contribution is -0.139. The fraction of sp³-hybridized carbons (Fsp3) is 0.526. The van der Waals surface area contributed by atoms with Crippen molar-refractivity contribution in [3.63, 3.8) is 0 Å². The number of amides is 4. The van der Waals surface area contributed by atoms with E-state index in [1.807, 2.05) is 24.3 Å². The Morgan fingerprint density at radius 2 is 1.93 bits per heavy atom. The van der Waals surface area contributed by atoms with E-state index in [2.05, 4.69) is 10.2 Å². The second-order valence-corrected chi connectivity index (χ2v) is 8.08. The molecule has 1 N–H and O–H groups in total. The van der Waals surface area contributed by atoms with Gasteiger partial charge in [-0.3, -0.25) is 14.5 Å². The summed E-state index contributed by atoms with van der Waals surface area (Å²) in [5.41, 5.74) is 0.187. The van der Waals surface area contributed by atoms with Gasteiger partial charge in [-0.1, -0.05) is 17.7 Å². The lowest BCUT2D eigenvalue weighted by Gasteiger charge is -2.36. The van der Waals surface area contributed by atoms with Gasteiger partial charge in [0.25, 0.3) is 5.91 Å². The summed E-state index contributed by atoms with van der Waals surface area (Å²) in [4.78, 5) is 42.5. The van der Waals surface area contributed by atoms with Crippen LogP contribution in [-0.4, -0.2) is 65.9 Å². The molecule has 1 aromatic carbocycles. The number of carbonyl (C=O) groups excluding carboxylic acids is 3. The molecule has 3 fully saturated rings. The summed E-state index contributed by atoms with van der Waals surface area (Å²) in [5, 5.41) is 3.46. The quantitative estimate of drug-likeness (QED) is 0.794. The van der Waals surface area contributed by atoms with Gasteiger partial charge in [-0.25, -0.2) is 4.79 Å². The number of imide groups is 1. The van der Waals surface area contributed by atoms with Crippen molar-refractivity contribution in [1.82, 2.24) is 15.1 Å². The molecule has 2 heterocycles. The van der Waals surface area contributed by atoms with Gasteiger partial charge in [0.15, 0.2) is 0 Å². The molecule has 2 saturated heterocycles. The minimum atomic E-state index is -0.845. The van der Waals surface area contributed by atoms with Gasteiger partial charge in [0.1, 0.15) is 12.1 Å². The van der Waals surface area contributed by atoms with Crippen molar-refractivity contribution in [1.29, 1.82) is 0 Å². The van der Waals surface area contributed by atoms with Crippen LogP contribution in [0.5, 0.6) is 0 Å². The van der Waals surface area contributed by atoms with Gasteiger partial charge in [0.2, 0.25) is 5.91 Å². The van der Waals surface area contributed by atoms with E-state index in [-0.39, 0.29) is 24.3 Å². The molecule has 144 valence electrons. The minimum Gasteiger partial charge on any atom is -0.368 e. The summed E-state index contributed by atoms with van der Waals surface area (Å²) in [5.74, 6) is -0.277. The summed E-state index contributed by atoms with van der Waals surface area (Å²) in [6, 6.07) is 7.18. The third-order valence-electron chi connectivity index (χ3n) is 5.79. The van der Waals surface area contributed by atoms with Gasteiger partial charge >= 0.3 is 6.03 Å². The zero-order valence-electron chi connectivity index (χ0n) is 15.3. The Kier molecular flexibility index (Phi) is 4.50. The van der Waals surface area contributed by atoms with E-state index < -0.39 is 11.6 Å². The average Bonchev–Trinajstić information content (AvgIpc) is 3.48. The van der Waals surface area contributed by atoms with E-state index in [0.29, 0.717) is 31.2 Å². The molecule has 1 aliphatic carbocycles. The van der Waals surface area contributed by atoms with Crippen LogP contribution in [0.25, 0.3) is 0 Å². The molecule has 3 aliphatic rings. The summed E-state index contributed by atoms with van der Waals surface area (Å²) in [7, 11) is 0. The predicted octanol–water partition coefficient (Wildman–Crippen LogP) is 1.71. The first-order valence-electron chi connectivity index (χ1n) is 9.31. The monoisotopic (exact) mass is 390 g/mol. The van der Waals surface area contributed by atoms with Crippen LogP contribution in [0.3, 0.4) is 0 Å². The highest BCUT2D eigenvalue weighted by atomic mass is 35.5. The van der Waals surface area contributed by atoms with Crippen LogP contribution < -0.4 is 10.2 Å². The first-order valence-corrected chi connectivity index (χ1v) is 9.68. The van der Waals surface area contributed by atoms with Crippen molar-refractivity contribution in [2.24, 2.45) is 5.92 Å². The molecule has 8 heteroatoms. The number of halogens is 1. The number of urea groups is 1. The third-order valence-corrected chi connectivity index (χ3v) is 6.03. The van der Waals surface area contributed by atoms with Gasteiger partial charge in [0, 0.05) is 36.9 Å². The molecule has 0 spiro atoms. The second-order valence-electron chi connectivity index (χ2n) is 7.65. The third kappa shape index (κ3) is 3.36. The Hall–Kier alpha value is -2.28. The topological polar surface area (TPSA) is 73.0 Å². The highest BCUT2D eigenvalue weighted by molar-refractivity contribution is 6.30. The largest absolute Gasteiger partial charge is 0.368 e. The number of nitrogens with zero attached hydrogens (tertiary/aromatic N) is 3. The van der Waals surface area contributed by atoms with E-state index in [0.717, 1.165) is 23.4 Å². The smallest absolute Gasteiger partial charge is 0.325 e. The highest BCUT2D eigenvalue weighted by Crippen LogP contribution is 2.42. The minimum absolute atomic E-state index is 0.190. The van der Waals surface area contributed by atoms with Crippen molar-refractivity contribution in [3.8, 4) is 0 Å². The molecular weight excluding hydrogens is 368 g/mol. The number of rotatable bonds is 4. The second kappa shape index (κ2) is 6.71. The van der Waals surface area contributed by atoms with E-state index >= 15 is 0 Å². The summed E-state index contributed by atoms with van der Waals surface area (Å²) >= 11 is 6.05. The maximum atomic E-state index is 12.7. The Morgan fingerprint density at radius 3 is 2.56 bits per heavy atom. The first-order chi connectivity index (χ1) is 12.9. The lowest BCUT2D eigenvalue weighted by Crippen LogP contribution is -2.52. The van der Waals surface area contributed by atoms with Gasteiger partial charge in [-0.2, -0.15) is 0 Å². The van der Waals surface area contributed by atoms with Gasteiger partial charge in [-0.05, 0) is 43.9 Å². The maximum absolute atomic E-state index is 12.7. The van der Waals surface area contributed by atoms with Gasteiger partial charge in [-0.15, -0.1) is 0 Å². The number of anilines is 1. The van der Waals surface area contributed by atoms with Crippen LogP contribution in [0, 0.1) is 5.92 Å². The molecule has 0 aromatic heterocycles. The number of nitrogens with one attached hydrogen (secondary N) is 1. The molecule has 2 aliphatic heterocycles. The molecule has 0 unspecified atom stereocenters. The Morgan fingerprint density at radius 1 is 1.22 bits per heavy atom. The maximum Gasteiger partial charge on any atom is 0.325 e. The molecule has 4 amide bonds. The molecule has 1 atom stereocenters. The van der Waals surface area contributed by atoms with Gasteiger partial charge in [0.05, 0.1) is 0 Å². The van der Waals surface area contributed by atoms with Crippen LogP contribution in [0.1, 0.15) is 19.8 Å². The fourth-order valence-electron chi connectivity index (χ4n) is 3.92. The number of hydrogen-bond donors (Lipinski definition) is 1. The highest BCUT2D eigenvalue weighted by Gasteiger charge is 2.56. The summed E-state index contributed by atoms with van der Waals surface area (Å²) in [6.45, 7) is 4.05. The molecular formula is C19H23ClN4O3. The fourth-order valence-corrected chi connectivity index (χ4v) is 4.10. The average molecular weight is 391 g/mol. The van der Waals surface area contributed by atoms with E-state index in [4.69, 9.17) is 11.6 Å². The number of carbonyl (C=O) groups is 3. The summed E-state index contributed by atoms with van der Waals surface area (Å²) in [6.07, 6.45) is 1.88. The molecule has 0 bridgehead atoms. The van der Waals surface area contributed by atoms with Gasteiger partial charge < -0.3 is 15.1 Å². The zero-order valence-corrected chi connectivity index (χ0v) is 16.0. The lowest BCUT2D eigenvalue weighted by atomic mass is 9.96. The Balaban J connectivity index is 1.35. The Bertz CT molecular complexity index is 789. The van der Waals surface area contributed by atoms with Crippen LogP contribution >= 0.6 is 11.6 Å². The zero-order chi connectivity index (χ0) is 19.2. The number of benzene rings is 1. The van der Waals surface area contributed by atoms with E-state index in [1.54, 1.807) is 11.8 Å². The van der Waals surface area contributed by atoms with Crippen molar-refractivity contribution >= 4 is 35.1 Å². The molecule has 7 nitrogen and oxygen atoms in total. The van der Waals surface area contributed by atoms with Crippen LogP contribution in [-0.2, 0) is 9.59 Å². The van der Waals surface area contributed by atoms with Crippen molar-refractivity contribution in [2.75, 3.05) is 37.6 Å². The first kappa shape index (κ1) is 18.1.